The fraction of sp³-hybridized carbons (Fsp3) is 0.440. The fourth-order valence-electron chi connectivity index (χ4n) is 3.78. The van der Waals surface area contributed by atoms with E-state index in [1.165, 1.54) is 4.91 Å². The van der Waals surface area contributed by atoms with Crippen molar-refractivity contribution < 1.29 is 17.9 Å². The lowest BCUT2D eigenvalue weighted by Crippen LogP contribution is -2.20. The molecule has 1 atom stereocenters. The average Bonchev–Trinajstić information content (AvgIpc) is 3.31. The van der Waals surface area contributed by atoms with Crippen molar-refractivity contribution in [3.63, 3.8) is 0 Å². The number of thioether (sulfide) groups is 1. The van der Waals surface area contributed by atoms with E-state index in [0.29, 0.717) is 31.5 Å². The first kappa shape index (κ1) is 25.7. The predicted molar refractivity (Wildman–Crippen MR) is 141 cm³/mol. The lowest BCUT2D eigenvalue weighted by molar-refractivity contribution is 0.191. The summed E-state index contributed by atoms with van der Waals surface area (Å²) in [5.74, 6) is 1.32. The van der Waals surface area contributed by atoms with Gasteiger partial charge in [0, 0.05) is 41.2 Å². The molecule has 188 valence electrons. The maximum atomic E-state index is 11.9. The number of allylic oxidation sites excluding steroid dienone is 1. The number of nitrogens with one attached hydrogen (secondary N) is 1. The van der Waals surface area contributed by atoms with Crippen LogP contribution < -0.4 is 10.1 Å². The Balaban J connectivity index is 1.57. The van der Waals surface area contributed by atoms with Crippen molar-refractivity contribution in [3.05, 3.63) is 64.9 Å². The Morgan fingerprint density at radius 3 is 3.03 bits per heavy atom. The van der Waals surface area contributed by atoms with Gasteiger partial charge in [0.15, 0.2) is 9.84 Å². The minimum atomic E-state index is -3.09. The zero-order valence-electron chi connectivity index (χ0n) is 20.1. The van der Waals surface area contributed by atoms with Gasteiger partial charge in [-0.25, -0.2) is 18.4 Å². The van der Waals surface area contributed by atoms with Gasteiger partial charge in [-0.15, -0.1) is 11.8 Å². The monoisotopic (exact) mass is 516 g/mol. The Hall–Kier alpha value is -2.40. The zero-order chi connectivity index (χ0) is 24.7. The second-order valence-corrected chi connectivity index (χ2v) is 12.3. The zero-order valence-corrected chi connectivity index (χ0v) is 21.8. The molecule has 6 bridgehead atoms. The highest BCUT2D eigenvalue weighted by molar-refractivity contribution is 8.03. The van der Waals surface area contributed by atoms with Crippen molar-refractivity contribution in [3.8, 4) is 5.75 Å². The first-order valence-electron chi connectivity index (χ1n) is 11.7. The maximum Gasteiger partial charge on any atom is 0.227 e. The molecule has 1 N–H and O–H groups in total. The molecule has 0 spiro atoms. The normalized spacial score (nSPS) is 20.3. The number of hydrogen-bond donors (Lipinski definition) is 1. The summed E-state index contributed by atoms with van der Waals surface area (Å²) in [5, 5.41) is 3.58. The summed E-state index contributed by atoms with van der Waals surface area (Å²) in [5.41, 5.74) is 2.78. The number of hydrogen-bond acceptors (Lipinski definition) is 9. The van der Waals surface area contributed by atoms with Gasteiger partial charge < -0.3 is 14.8 Å². The highest BCUT2D eigenvalue weighted by atomic mass is 32.2. The summed E-state index contributed by atoms with van der Waals surface area (Å²) in [4.78, 5) is 12.6. The molecule has 0 saturated carbocycles. The third-order valence-electron chi connectivity index (χ3n) is 5.75. The third-order valence-corrected chi connectivity index (χ3v) is 8.73. The van der Waals surface area contributed by atoms with E-state index < -0.39 is 9.84 Å². The van der Waals surface area contributed by atoms with Gasteiger partial charge in [-0.05, 0) is 37.7 Å². The Labute approximate surface area is 211 Å². The van der Waals surface area contributed by atoms with E-state index in [9.17, 15) is 8.42 Å². The molecule has 4 rings (SSSR count). The first-order valence-corrected chi connectivity index (χ1v) is 14.4. The highest BCUT2D eigenvalue weighted by Gasteiger charge is 2.21. The van der Waals surface area contributed by atoms with E-state index >= 15 is 0 Å². The van der Waals surface area contributed by atoms with Gasteiger partial charge in [0.1, 0.15) is 12.4 Å². The van der Waals surface area contributed by atoms with Gasteiger partial charge in [-0.1, -0.05) is 25.2 Å². The summed E-state index contributed by atoms with van der Waals surface area (Å²) < 4.78 is 35.5. The van der Waals surface area contributed by atoms with E-state index in [4.69, 9.17) is 14.5 Å². The van der Waals surface area contributed by atoms with Gasteiger partial charge in [-0.2, -0.15) is 0 Å². The van der Waals surface area contributed by atoms with Crippen LogP contribution in [-0.2, 0) is 21.1 Å². The van der Waals surface area contributed by atoms with Crippen LogP contribution in [0.3, 0.4) is 0 Å². The van der Waals surface area contributed by atoms with Crippen LogP contribution in [0.4, 0.5) is 11.6 Å². The SMILES string of the molecule is CCS(=O)(=O)CCOc1ccc2cc1CN(C)C/C=C/COCC1=CCC(S1)c1ccnc(n1)N2. The molecule has 0 amide bonds. The molecule has 0 fully saturated rings. The quantitative estimate of drug-likeness (QED) is 0.589. The Bertz CT molecular complexity index is 1180. The Morgan fingerprint density at radius 2 is 2.17 bits per heavy atom. The number of anilines is 2. The number of likely N-dealkylation sites (N-methyl/N-ethyl adjacent to an activating group) is 1. The van der Waals surface area contributed by atoms with Gasteiger partial charge >= 0.3 is 0 Å². The molecule has 2 aromatic rings. The van der Waals surface area contributed by atoms with Crippen LogP contribution in [0.2, 0.25) is 0 Å². The van der Waals surface area contributed by atoms with Gasteiger partial charge in [0.25, 0.3) is 0 Å². The van der Waals surface area contributed by atoms with Crippen LogP contribution in [0.5, 0.6) is 5.75 Å². The second kappa shape index (κ2) is 12.0. The third kappa shape index (κ3) is 7.54. The maximum absolute atomic E-state index is 11.9. The molecule has 0 aliphatic carbocycles. The van der Waals surface area contributed by atoms with Gasteiger partial charge in [0.05, 0.1) is 29.9 Å². The minimum Gasteiger partial charge on any atom is -0.492 e. The van der Waals surface area contributed by atoms with E-state index in [2.05, 4.69) is 27.4 Å². The standard InChI is InChI=1S/C25H32N4O4S2/c1-3-35(30,31)15-14-33-23-8-6-20-16-19(23)17-29(2)12-4-5-13-32-18-21-7-9-24(34-21)22-10-11-26-25(27-20)28-22/h4-8,10-11,16,24H,3,9,12-15,17-18H2,1-2H3,(H,26,27,28)/b5-4+. The molecule has 35 heavy (non-hydrogen) atoms. The van der Waals surface area contributed by atoms with Crippen molar-refractivity contribution in [2.24, 2.45) is 0 Å². The number of sulfone groups is 1. The molecule has 10 heteroatoms. The van der Waals surface area contributed by atoms with E-state index in [0.717, 1.165) is 29.9 Å². The van der Waals surface area contributed by atoms with Crippen LogP contribution in [0.1, 0.15) is 29.9 Å². The van der Waals surface area contributed by atoms with Gasteiger partial charge in [-0.3, -0.25) is 4.90 Å². The first-order chi connectivity index (χ1) is 16.9. The summed E-state index contributed by atoms with van der Waals surface area (Å²) in [6, 6.07) is 7.75. The molecule has 0 radical (unpaired) electrons. The smallest absolute Gasteiger partial charge is 0.227 e. The number of benzene rings is 1. The van der Waals surface area contributed by atoms with Crippen molar-refractivity contribution in [2.75, 3.05) is 50.2 Å². The van der Waals surface area contributed by atoms with Crippen LogP contribution in [0.25, 0.3) is 0 Å². The largest absolute Gasteiger partial charge is 0.492 e. The molecule has 1 aromatic carbocycles. The summed E-state index contributed by atoms with van der Waals surface area (Å²) >= 11 is 1.80. The molecule has 0 saturated heterocycles. The van der Waals surface area contributed by atoms with Gasteiger partial charge in [0.2, 0.25) is 5.95 Å². The summed E-state index contributed by atoms with van der Waals surface area (Å²) in [6.45, 7) is 4.31. The summed E-state index contributed by atoms with van der Waals surface area (Å²) in [7, 11) is -1.06. The number of fused-ring (bicyclic) bond motifs is 7. The lowest BCUT2D eigenvalue weighted by Gasteiger charge is -2.19. The van der Waals surface area contributed by atoms with Crippen molar-refractivity contribution >= 4 is 33.2 Å². The lowest BCUT2D eigenvalue weighted by atomic mass is 10.1. The van der Waals surface area contributed by atoms with E-state index in [-0.39, 0.29) is 23.4 Å². The molecular formula is C25H32N4O4S2. The van der Waals surface area contributed by atoms with Crippen molar-refractivity contribution in [2.45, 2.75) is 25.1 Å². The molecule has 1 unspecified atom stereocenters. The molecule has 2 aliphatic heterocycles. The second-order valence-electron chi connectivity index (χ2n) is 8.53. The number of rotatable bonds is 5. The van der Waals surface area contributed by atoms with Crippen LogP contribution in [0, 0.1) is 0 Å². The molecular weight excluding hydrogens is 484 g/mol. The molecule has 8 nitrogen and oxygen atoms in total. The minimum absolute atomic E-state index is 0.00208. The Kier molecular flexibility index (Phi) is 8.83. The summed E-state index contributed by atoms with van der Waals surface area (Å²) in [6.07, 6.45) is 9.07. The number of aromatic nitrogens is 2. The molecule has 3 heterocycles. The predicted octanol–water partition coefficient (Wildman–Crippen LogP) is 4.11. The van der Waals surface area contributed by atoms with Crippen LogP contribution >= 0.6 is 11.8 Å². The van der Waals surface area contributed by atoms with Crippen molar-refractivity contribution in [1.82, 2.24) is 14.9 Å². The number of nitrogens with zero attached hydrogens (tertiary/aromatic N) is 3. The molecule has 2 aliphatic rings. The topological polar surface area (TPSA) is 93.7 Å². The van der Waals surface area contributed by atoms with Crippen LogP contribution in [-0.4, -0.2) is 68.2 Å². The average molecular weight is 517 g/mol. The highest BCUT2D eigenvalue weighted by Crippen LogP contribution is 2.43. The van der Waals surface area contributed by atoms with E-state index in [1.54, 1.807) is 24.9 Å². The Morgan fingerprint density at radius 1 is 1.29 bits per heavy atom. The molecule has 1 aromatic heterocycles. The van der Waals surface area contributed by atoms with E-state index in [1.807, 2.05) is 37.4 Å². The fourth-order valence-corrected chi connectivity index (χ4v) is 5.56. The number of ether oxygens (including phenoxy) is 2. The van der Waals surface area contributed by atoms with Crippen LogP contribution in [0.15, 0.2) is 53.6 Å². The van der Waals surface area contributed by atoms with Crippen molar-refractivity contribution in [1.29, 1.82) is 0 Å².